The van der Waals surface area contributed by atoms with Crippen LogP contribution in [0.15, 0.2) is 41.6 Å². The number of hydrogen-bond acceptors (Lipinski definition) is 4. The molecule has 1 aliphatic heterocycles. The summed E-state index contributed by atoms with van der Waals surface area (Å²) < 4.78 is 56.0. The molecule has 1 saturated carbocycles. The summed E-state index contributed by atoms with van der Waals surface area (Å²) in [7, 11) is 1.40. The molecule has 1 spiro atoms. The van der Waals surface area contributed by atoms with Gasteiger partial charge in [0, 0.05) is 19.2 Å². The summed E-state index contributed by atoms with van der Waals surface area (Å²) >= 11 is 5.66. The van der Waals surface area contributed by atoms with E-state index in [1.165, 1.54) is 25.3 Å². The van der Waals surface area contributed by atoms with Crippen molar-refractivity contribution in [2.45, 2.75) is 56.9 Å². The Bertz CT molecular complexity index is 1240. The van der Waals surface area contributed by atoms with E-state index in [1.807, 2.05) is 6.92 Å². The Morgan fingerprint density at radius 3 is 2.61 bits per heavy atom. The summed E-state index contributed by atoms with van der Waals surface area (Å²) in [4.78, 5) is 28.6. The van der Waals surface area contributed by atoms with Gasteiger partial charge in [0.1, 0.15) is 11.7 Å². The molecule has 2 aliphatic carbocycles. The van der Waals surface area contributed by atoms with Gasteiger partial charge in [-0.05, 0) is 61.3 Å². The number of nitriles is 1. The number of allylic oxidation sites excluding steroid dienone is 3. The molecule has 190 valence electrons. The second kappa shape index (κ2) is 9.32. The Balaban J connectivity index is 1.84. The molecule has 1 N–H and O–H groups in total. The minimum Gasteiger partial charge on any atom is -0.355 e. The van der Waals surface area contributed by atoms with Crippen molar-refractivity contribution in [3.63, 3.8) is 0 Å². The number of halogens is 4. The Labute approximate surface area is 211 Å². The van der Waals surface area contributed by atoms with Crippen LogP contribution < -0.4 is 10.2 Å². The average Bonchev–Trinajstić information content (AvgIpc) is 3.02. The second-order valence-corrected chi connectivity index (χ2v) is 9.73. The highest BCUT2D eigenvalue weighted by atomic mass is 32.1. The number of carbonyl (C=O) groups excluding carboxylic acids is 2. The van der Waals surface area contributed by atoms with E-state index in [0.29, 0.717) is 25.0 Å². The summed E-state index contributed by atoms with van der Waals surface area (Å²) in [5.41, 5.74) is -2.68. The second-order valence-electron chi connectivity index (χ2n) is 9.36. The van der Waals surface area contributed by atoms with Gasteiger partial charge in [-0.15, -0.1) is 0 Å². The van der Waals surface area contributed by atoms with Gasteiger partial charge in [0.05, 0.1) is 28.5 Å². The molecule has 4 rings (SSSR count). The molecule has 1 saturated heterocycles. The van der Waals surface area contributed by atoms with Gasteiger partial charge in [-0.2, -0.15) is 18.4 Å². The van der Waals surface area contributed by atoms with Crippen LogP contribution in [0, 0.1) is 17.2 Å². The van der Waals surface area contributed by atoms with Crippen molar-refractivity contribution < 1.29 is 27.2 Å². The molecule has 0 aromatic heterocycles. The Kier molecular flexibility index (Phi) is 6.68. The summed E-state index contributed by atoms with van der Waals surface area (Å²) in [6.07, 6.45) is -1.41. The van der Waals surface area contributed by atoms with Crippen molar-refractivity contribution in [1.29, 1.82) is 5.26 Å². The van der Waals surface area contributed by atoms with E-state index >= 15 is 4.39 Å². The SMILES string of the molecule is CNC(=O)C1=CC=C(N2C(=S)N(c3ccc(C#N)c(C(F)(F)F)c3)C(=O)C23CCCC(C)C3)CC1F. The van der Waals surface area contributed by atoms with Crippen LogP contribution in [0.5, 0.6) is 0 Å². The van der Waals surface area contributed by atoms with Crippen LogP contribution in [-0.2, 0) is 15.8 Å². The normalized spacial score (nSPS) is 26.6. The lowest BCUT2D eigenvalue weighted by Crippen LogP contribution is -2.52. The quantitative estimate of drug-likeness (QED) is 0.460. The molecular weight excluding hydrogens is 496 g/mol. The average molecular weight is 521 g/mol. The van der Waals surface area contributed by atoms with Gasteiger partial charge in [0.15, 0.2) is 5.11 Å². The van der Waals surface area contributed by atoms with Gasteiger partial charge in [-0.25, -0.2) is 4.39 Å². The van der Waals surface area contributed by atoms with Crippen molar-refractivity contribution in [3.05, 3.63) is 52.7 Å². The number of alkyl halides is 4. The van der Waals surface area contributed by atoms with Gasteiger partial charge < -0.3 is 10.2 Å². The van der Waals surface area contributed by atoms with Crippen LogP contribution in [-0.4, -0.2) is 40.6 Å². The number of carbonyl (C=O) groups is 2. The Morgan fingerprint density at radius 1 is 1.31 bits per heavy atom. The Morgan fingerprint density at radius 2 is 2.03 bits per heavy atom. The molecule has 2 amide bonds. The highest BCUT2D eigenvalue weighted by molar-refractivity contribution is 7.80. The topological polar surface area (TPSA) is 76.4 Å². The zero-order valence-corrected chi connectivity index (χ0v) is 20.5. The summed E-state index contributed by atoms with van der Waals surface area (Å²) in [5.74, 6) is -0.908. The number of thiocarbonyl (C=S) groups is 1. The van der Waals surface area contributed by atoms with Gasteiger partial charge in [-0.3, -0.25) is 14.5 Å². The fourth-order valence-corrected chi connectivity index (χ4v) is 5.88. The van der Waals surface area contributed by atoms with Crippen molar-refractivity contribution in [2.75, 3.05) is 11.9 Å². The summed E-state index contributed by atoms with van der Waals surface area (Å²) in [6, 6.07) is 4.56. The highest BCUT2D eigenvalue weighted by Gasteiger charge is 2.58. The molecule has 1 aromatic rings. The number of benzene rings is 1. The number of rotatable bonds is 3. The first kappa shape index (κ1) is 25.8. The number of hydrogen-bond donors (Lipinski definition) is 1. The lowest BCUT2D eigenvalue weighted by Gasteiger charge is -2.43. The monoisotopic (exact) mass is 520 g/mol. The molecule has 1 heterocycles. The number of amides is 2. The molecule has 6 nitrogen and oxygen atoms in total. The van der Waals surface area contributed by atoms with Crippen LogP contribution in [0.1, 0.15) is 50.2 Å². The lowest BCUT2D eigenvalue weighted by atomic mass is 9.75. The zero-order chi connectivity index (χ0) is 26.4. The van der Waals surface area contributed by atoms with E-state index < -0.39 is 40.8 Å². The standard InChI is InChI=1S/C25H24F4N4O2S/c1-14-4-3-9-24(12-14)22(35)32(16-6-5-15(13-30)19(10-16)25(27,28)29)23(36)33(24)17-7-8-18(20(26)11-17)21(34)31-2/h5-8,10,14,20H,3-4,9,11-12H2,1-2H3,(H,31,34). The Hall–Kier alpha value is -3.26. The molecule has 1 aromatic carbocycles. The van der Waals surface area contributed by atoms with Crippen LogP contribution in [0.25, 0.3) is 0 Å². The van der Waals surface area contributed by atoms with Gasteiger partial charge in [0.2, 0.25) is 5.91 Å². The van der Waals surface area contributed by atoms with Gasteiger partial charge >= 0.3 is 6.18 Å². The highest BCUT2D eigenvalue weighted by Crippen LogP contribution is 2.48. The van der Waals surface area contributed by atoms with E-state index in [4.69, 9.17) is 17.5 Å². The van der Waals surface area contributed by atoms with Gasteiger partial charge in [-0.1, -0.05) is 19.8 Å². The first-order chi connectivity index (χ1) is 16.9. The van der Waals surface area contributed by atoms with E-state index in [2.05, 4.69) is 5.32 Å². The molecular formula is C25H24F4N4O2S. The van der Waals surface area contributed by atoms with Crippen molar-refractivity contribution in [3.8, 4) is 6.07 Å². The zero-order valence-electron chi connectivity index (χ0n) is 19.7. The molecule has 3 atom stereocenters. The third kappa shape index (κ3) is 4.17. The molecule has 3 aliphatic rings. The van der Waals surface area contributed by atoms with E-state index in [-0.39, 0.29) is 28.7 Å². The molecule has 2 fully saturated rings. The maximum Gasteiger partial charge on any atom is 0.417 e. The predicted octanol–water partition coefficient (Wildman–Crippen LogP) is 4.76. The maximum absolute atomic E-state index is 15.0. The summed E-state index contributed by atoms with van der Waals surface area (Å²) in [5, 5.41) is 11.5. The van der Waals surface area contributed by atoms with Crippen molar-refractivity contribution in [1.82, 2.24) is 10.2 Å². The number of likely N-dealkylation sites (N-methyl/N-ethyl adjacent to an activating group) is 1. The van der Waals surface area contributed by atoms with Crippen LogP contribution >= 0.6 is 12.2 Å². The molecule has 3 unspecified atom stereocenters. The molecule has 11 heteroatoms. The van der Waals surface area contributed by atoms with Crippen LogP contribution in [0.4, 0.5) is 23.2 Å². The van der Waals surface area contributed by atoms with Crippen LogP contribution in [0.3, 0.4) is 0 Å². The predicted molar refractivity (Wildman–Crippen MR) is 128 cm³/mol. The van der Waals surface area contributed by atoms with E-state index in [9.17, 15) is 22.8 Å². The number of nitrogens with one attached hydrogen (secondary N) is 1. The number of nitrogens with zero attached hydrogens (tertiary/aromatic N) is 3. The van der Waals surface area contributed by atoms with Crippen molar-refractivity contribution in [2.24, 2.45) is 5.92 Å². The minimum atomic E-state index is -4.81. The first-order valence-corrected chi connectivity index (χ1v) is 11.9. The largest absolute Gasteiger partial charge is 0.417 e. The molecule has 36 heavy (non-hydrogen) atoms. The fraction of sp³-hybridized carbons (Fsp3) is 0.440. The van der Waals surface area contributed by atoms with Crippen molar-refractivity contribution >= 4 is 34.8 Å². The summed E-state index contributed by atoms with van der Waals surface area (Å²) in [6.45, 7) is 1.98. The van der Waals surface area contributed by atoms with E-state index in [1.54, 1.807) is 11.0 Å². The first-order valence-electron chi connectivity index (χ1n) is 11.5. The maximum atomic E-state index is 15.0. The van der Waals surface area contributed by atoms with Crippen LogP contribution in [0.2, 0.25) is 0 Å². The van der Waals surface area contributed by atoms with Gasteiger partial charge in [0.25, 0.3) is 5.91 Å². The minimum absolute atomic E-state index is 0.0532. The fourth-order valence-electron chi connectivity index (χ4n) is 5.40. The third-order valence-electron chi connectivity index (χ3n) is 7.03. The number of anilines is 1. The molecule has 0 radical (unpaired) electrons. The third-order valence-corrected chi connectivity index (χ3v) is 7.40. The van der Waals surface area contributed by atoms with E-state index in [0.717, 1.165) is 23.5 Å². The molecule has 0 bridgehead atoms. The lowest BCUT2D eigenvalue weighted by molar-refractivity contribution is -0.137. The smallest absolute Gasteiger partial charge is 0.355 e.